The second-order valence-corrected chi connectivity index (χ2v) is 7.27. The molecule has 0 bridgehead atoms. The van der Waals surface area contributed by atoms with E-state index in [2.05, 4.69) is 6.92 Å². The Balaban J connectivity index is 0.00000208. The Morgan fingerprint density at radius 2 is 2.00 bits per heavy atom. The van der Waals surface area contributed by atoms with Crippen LogP contribution in [0.2, 0.25) is 0 Å². The molecule has 24 heavy (non-hydrogen) atoms. The van der Waals surface area contributed by atoms with Gasteiger partial charge in [0, 0.05) is 31.7 Å². The van der Waals surface area contributed by atoms with Gasteiger partial charge in [-0.15, -0.1) is 12.4 Å². The molecule has 132 valence electrons. The molecule has 2 aliphatic heterocycles. The number of rotatable bonds is 3. The van der Waals surface area contributed by atoms with Gasteiger partial charge in [0.05, 0.1) is 5.92 Å². The molecule has 2 saturated heterocycles. The summed E-state index contributed by atoms with van der Waals surface area (Å²) >= 11 is 0. The number of amides is 2. The van der Waals surface area contributed by atoms with Crippen LogP contribution in [0, 0.1) is 18.3 Å². The molecule has 2 unspecified atom stereocenters. The standard InChI is InChI=1S/C18H25N3O2.ClH/c1-13-3-5-15(6-4-13)21-10-14(9-16(21)22)17(23)20-8-7-18(2,11-19)12-20;/h3-6,14H,7-12,19H2,1-2H3;1H. The smallest absolute Gasteiger partial charge is 0.228 e. The molecule has 2 heterocycles. The monoisotopic (exact) mass is 351 g/mol. The number of anilines is 1. The minimum atomic E-state index is -0.232. The van der Waals surface area contributed by atoms with Crippen molar-refractivity contribution in [3.8, 4) is 0 Å². The number of carbonyl (C=O) groups excluding carboxylic acids is 2. The van der Waals surface area contributed by atoms with Crippen LogP contribution in [-0.2, 0) is 9.59 Å². The first-order chi connectivity index (χ1) is 10.9. The van der Waals surface area contributed by atoms with E-state index in [4.69, 9.17) is 5.73 Å². The fourth-order valence-corrected chi connectivity index (χ4v) is 3.48. The summed E-state index contributed by atoms with van der Waals surface area (Å²) in [4.78, 5) is 28.7. The molecule has 0 aromatic heterocycles. The van der Waals surface area contributed by atoms with Crippen molar-refractivity contribution < 1.29 is 9.59 Å². The van der Waals surface area contributed by atoms with Crippen molar-refractivity contribution >= 4 is 29.9 Å². The average Bonchev–Trinajstić information content (AvgIpc) is 3.12. The summed E-state index contributed by atoms with van der Waals surface area (Å²) in [7, 11) is 0. The van der Waals surface area contributed by atoms with Gasteiger partial charge in [0.2, 0.25) is 11.8 Å². The van der Waals surface area contributed by atoms with Gasteiger partial charge in [-0.25, -0.2) is 0 Å². The normalized spacial score (nSPS) is 26.6. The number of likely N-dealkylation sites (tertiary alicyclic amines) is 1. The molecular weight excluding hydrogens is 326 g/mol. The molecule has 2 N–H and O–H groups in total. The largest absolute Gasteiger partial charge is 0.342 e. The molecule has 0 saturated carbocycles. The molecular formula is C18H26ClN3O2. The summed E-state index contributed by atoms with van der Waals surface area (Å²) in [6.07, 6.45) is 1.25. The lowest BCUT2D eigenvalue weighted by Gasteiger charge is -2.24. The summed E-state index contributed by atoms with van der Waals surface area (Å²) in [6.45, 7) is 6.67. The second-order valence-electron chi connectivity index (χ2n) is 7.27. The highest BCUT2D eigenvalue weighted by atomic mass is 35.5. The van der Waals surface area contributed by atoms with Crippen LogP contribution in [0.4, 0.5) is 5.69 Å². The van der Waals surface area contributed by atoms with E-state index in [-0.39, 0.29) is 35.6 Å². The highest BCUT2D eigenvalue weighted by molar-refractivity contribution is 6.00. The van der Waals surface area contributed by atoms with Crippen LogP contribution in [0.1, 0.15) is 25.3 Å². The first kappa shape index (κ1) is 18.7. The van der Waals surface area contributed by atoms with Crippen molar-refractivity contribution in [1.29, 1.82) is 0 Å². The van der Waals surface area contributed by atoms with Crippen molar-refractivity contribution in [2.75, 3.05) is 31.1 Å². The molecule has 0 radical (unpaired) electrons. The van der Waals surface area contributed by atoms with Gasteiger partial charge in [0.1, 0.15) is 0 Å². The van der Waals surface area contributed by atoms with Crippen molar-refractivity contribution in [2.24, 2.45) is 17.1 Å². The van der Waals surface area contributed by atoms with Crippen LogP contribution in [-0.4, -0.2) is 42.9 Å². The van der Waals surface area contributed by atoms with Crippen LogP contribution in [0.25, 0.3) is 0 Å². The second kappa shape index (κ2) is 7.11. The summed E-state index contributed by atoms with van der Waals surface area (Å²) < 4.78 is 0. The van der Waals surface area contributed by atoms with Gasteiger partial charge in [-0.05, 0) is 37.4 Å². The third kappa shape index (κ3) is 3.57. The highest BCUT2D eigenvalue weighted by Gasteiger charge is 2.41. The van der Waals surface area contributed by atoms with E-state index in [0.717, 1.165) is 24.2 Å². The molecule has 2 amide bonds. The Morgan fingerprint density at radius 3 is 2.58 bits per heavy atom. The van der Waals surface area contributed by atoms with Crippen LogP contribution < -0.4 is 10.6 Å². The minimum absolute atomic E-state index is 0. The molecule has 1 aromatic rings. The summed E-state index contributed by atoms with van der Waals surface area (Å²) in [5.74, 6) is -0.0953. The van der Waals surface area contributed by atoms with E-state index in [0.29, 0.717) is 26.1 Å². The Hall–Kier alpha value is -1.59. The molecule has 5 nitrogen and oxygen atoms in total. The Bertz CT molecular complexity index is 619. The van der Waals surface area contributed by atoms with Gasteiger partial charge in [0.25, 0.3) is 0 Å². The van der Waals surface area contributed by atoms with Gasteiger partial charge >= 0.3 is 0 Å². The molecule has 6 heteroatoms. The zero-order valence-corrected chi connectivity index (χ0v) is 15.1. The summed E-state index contributed by atoms with van der Waals surface area (Å²) in [5.41, 5.74) is 7.88. The lowest BCUT2D eigenvalue weighted by Crippen LogP contribution is -2.38. The van der Waals surface area contributed by atoms with E-state index in [9.17, 15) is 9.59 Å². The number of nitrogens with zero attached hydrogens (tertiary/aromatic N) is 2. The molecule has 0 spiro atoms. The van der Waals surface area contributed by atoms with Crippen LogP contribution >= 0.6 is 12.4 Å². The van der Waals surface area contributed by atoms with E-state index in [1.165, 1.54) is 0 Å². The Kier molecular flexibility index (Phi) is 5.56. The highest BCUT2D eigenvalue weighted by Crippen LogP contribution is 2.32. The third-order valence-corrected chi connectivity index (χ3v) is 5.18. The quantitative estimate of drug-likeness (QED) is 0.905. The molecule has 3 rings (SSSR count). The van der Waals surface area contributed by atoms with Gasteiger partial charge < -0.3 is 15.5 Å². The number of nitrogens with two attached hydrogens (primary N) is 1. The van der Waals surface area contributed by atoms with Crippen molar-refractivity contribution in [1.82, 2.24) is 4.90 Å². The lowest BCUT2D eigenvalue weighted by atomic mass is 9.90. The first-order valence-electron chi connectivity index (χ1n) is 8.28. The number of carbonyl (C=O) groups is 2. The fraction of sp³-hybridized carbons (Fsp3) is 0.556. The van der Waals surface area contributed by atoms with E-state index in [1.807, 2.05) is 36.1 Å². The number of benzene rings is 1. The van der Waals surface area contributed by atoms with Crippen molar-refractivity contribution in [2.45, 2.75) is 26.7 Å². The van der Waals surface area contributed by atoms with E-state index in [1.54, 1.807) is 4.90 Å². The number of aryl methyl sites for hydroxylation is 1. The fourth-order valence-electron chi connectivity index (χ4n) is 3.48. The van der Waals surface area contributed by atoms with Gasteiger partial charge in [-0.1, -0.05) is 24.6 Å². The zero-order valence-electron chi connectivity index (χ0n) is 14.3. The maximum Gasteiger partial charge on any atom is 0.228 e. The number of hydrogen-bond acceptors (Lipinski definition) is 3. The maximum absolute atomic E-state index is 12.7. The van der Waals surface area contributed by atoms with Crippen molar-refractivity contribution in [3.63, 3.8) is 0 Å². The zero-order chi connectivity index (χ0) is 16.6. The topological polar surface area (TPSA) is 66.6 Å². The minimum Gasteiger partial charge on any atom is -0.342 e. The van der Waals surface area contributed by atoms with E-state index < -0.39 is 0 Å². The van der Waals surface area contributed by atoms with Crippen LogP contribution in [0.5, 0.6) is 0 Å². The maximum atomic E-state index is 12.7. The van der Waals surface area contributed by atoms with Crippen molar-refractivity contribution in [3.05, 3.63) is 29.8 Å². The molecule has 2 fully saturated rings. The SMILES string of the molecule is Cc1ccc(N2CC(C(=O)N3CCC(C)(CN)C3)CC2=O)cc1.Cl. The summed E-state index contributed by atoms with van der Waals surface area (Å²) in [6, 6.07) is 7.87. The Labute approximate surface area is 149 Å². The van der Waals surface area contributed by atoms with Crippen LogP contribution in [0.3, 0.4) is 0 Å². The van der Waals surface area contributed by atoms with Gasteiger partial charge in [-0.2, -0.15) is 0 Å². The predicted molar refractivity (Wildman–Crippen MR) is 97.2 cm³/mol. The van der Waals surface area contributed by atoms with Gasteiger partial charge in [0.15, 0.2) is 0 Å². The third-order valence-electron chi connectivity index (χ3n) is 5.18. The number of hydrogen-bond donors (Lipinski definition) is 1. The summed E-state index contributed by atoms with van der Waals surface area (Å²) in [5, 5.41) is 0. The van der Waals surface area contributed by atoms with E-state index >= 15 is 0 Å². The van der Waals surface area contributed by atoms with Crippen LogP contribution in [0.15, 0.2) is 24.3 Å². The first-order valence-corrected chi connectivity index (χ1v) is 8.28. The lowest BCUT2D eigenvalue weighted by molar-refractivity contribution is -0.135. The number of halogens is 1. The molecule has 2 aliphatic rings. The predicted octanol–water partition coefficient (Wildman–Crippen LogP) is 1.97. The molecule has 0 aliphatic carbocycles. The molecule has 2 atom stereocenters. The molecule has 1 aromatic carbocycles. The average molecular weight is 352 g/mol. The Morgan fingerprint density at radius 1 is 1.33 bits per heavy atom. The van der Waals surface area contributed by atoms with Gasteiger partial charge in [-0.3, -0.25) is 9.59 Å².